The number of fused-ring (bicyclic) bond motifs is 1. The van der Waals surface area contributed by atoms with Gasteiger partial charge < -0.3 is 30.4 Å². The van der Waals surface area contributed by atoms with Gasteiger partial charge >= 0.3 is 18.0 Å². The first-order valence-corrected chi connectivity index (χ1v) is 10.5. The Morgan fingerprint density at radius 3 is 2.32 bits per heavy atom. The summed E-state index contributed by atoms with van der Waals surface area (Å²) in [6, 6.07) is 6.27. The number of benzene rings is 1. The van der Waals surface area contributed by atoms with Crippen LogP contribution >= 0.6 is 0 Å². The summed E-state index contributed by atoms with van der Waals surface area (Å²) in [7, 11) is 0. The number of alkyl carbamates (subject to hydrolysis) is 1. The molecule has 2 rings (SSSR count). The highest BCUT2D eigenvalue weighted by Crippen LogP contribution is 2.23. The van der Waals surface area contributed by atoms with Crippen LogP contribution in [0.5, 0.6) is 0 Å². The Balaban J connectivity index is 0.00000182. The average molecular weight is 478 g/mol. The summed E-state index contributed by atoms with van der Waals surface area (Å²) in [6.45, 7) is 4.72. The lowest BCUT2D eigenvalue weighted by molar-refractivity contribution is -0.144. The number of nitrogens with one attached hydrogen (secondary N) is 2. The lowest BCUT2D eigenvalue weighted by Gasteiger charge is -2.23. The van der Waals surface area contributed by atoms with E-state index in [9.17, 15) is 24.3 Å². The lowest BCUT2D eigenvalue weighted by atomic mass is 9.91. The van der Waals surface area contributed by atoms with Crippen LogP contribution in [0.2, 0.25) is 0 Å². The van der Waals surface area contributed by atoms with E-state index in [4.69, 9.17) is 19.7 Å². The summed E-state index contributed by atoms with van der Waals surface area (Å²) in [6.07, 6.45) is 0.100. The van der Waals surface area contributed by atoms with Crippen LogP contribution in [0.25, 0.3) is 10.9 Å². The molecule has 0 saturated heterocycles. The van der Waals surface area contributed by atoms with E-state index in [-0.39, 0.29) is 32.2 Å². The normalized spacial score (nSPS) is 12.6. The van der Waals surface area contributed by atoms with Crippen molar-refractivity contribution >= 4 is 41.2 Å². The van der Waals surface area contributed by atoms with Crippen molar-refractivity contribution in [3.63, 3.8) is 0 Å². The van der Waals surface area contributed by atoms with Crippen LogP contribution in [-0.4, -0.2) is 62.2 Å². The van der Waals surface area contributed by atoms with Gasteiger partial charge in [0.15, 0.2) is 5.78 Å². The minimum atomic E-state index is -1.16. The molecule has 0 unspecified atom stereocenters. The SMILES string of the molecule is CC(C)(C)OC(=O)N[C@H](CCC(=O)O)C(=O)C[C@H](Cc1c[nH]c2ccccc12)C(=O)O.O=CO. The van der Waals surface area contributed by atoms with E-state index in [1.54, 1.807) is 27.0 Å². The molecule has 11 nitrogen and oxygen atoms in total. The number of Topliss-reactive ketones (excluding diaryl/α,β-unsaturated/α-hetero) is 1. The molecule has 0 radical (unpaired) electrons. The van der Waals surface area contributed by atoms with Crippen molar-refractivity contribution in [1.82, 2.24) is 10.3 Å². The first-order valence-electron chi connectivity index (χ1n) is 10.5. The Hall–Kier alpha value is -3.89. The van der Waals surface area contributed by atoms with Gasteiger partial charge in [0.25, 0.3) is 6.47 Å². The lowest BCUT2D eigenvalue weighted by Crippen LogP contribution is -2.44. The smallest absolute Gasteiger partial charge is 0.408 e. The van der Waals surface area contributed by atoms with E-state index >= 15 is 0 Å². The number of aliphatic carboxylic acids is 2. The van der Waals surface area contributed by atoms with Gasteiger partial charge in [-0.1, -0.05) is 18.2 Å². The number of para-hydroxylation sites is 1. The number of hydrogen-bond donors (Lipinski definition) is 5. The van der Waals surface area contributed by atoms with Gasteiger partial charge in [-0.15, -0.1) is 0 Å². The zero-order chi connectivity index (χ0) is 25.9. The van der Waals surface area contributed by atoms with E-state index in [2.05, 4.69) is 10.3 Å². The maximum atomic E-state index is 12.8. The fourth-order valence-electron chi connectivity index (χ4n) is 3.23. The van der Waals surface area contributed by atoms with Gasteiger partial charge in [-0.05, 0) is 45.2 Å². The van der Waals surface area contributed by atoms with Gasteiger partial charge in [0.2, 0.25) is 0 Å². The molecular formula is C23H30N2O9. The van der Waals surface area contributed by atoms with Crippen LogP contribution in [0.15, 0.2) is 30.5 Å². The molecule has 34 heavy (non-hydrogen) atoms. The van der Waals surface area contributed by atoms with E-state index < -0.39 is 41.4 Å². The Kier molecular flexibility index (Phi) is 10.7. The molecule has 1 heterocycles. The predicted octanol–water partition coefficient (Wildman–Crippen LogP) is 2.83. The third kappa shape index (κ3) is 9.72. The summed E-state index contributed by atoms with van der Waals surface area (Å²) in [5.41, 5.74) is 0.820. The Morgan fingerprint density at radius 2 is 1.76 bits per heavy atom. The monoisotopic (exact) mass is 478 g/mol. The molecule has 0 aliphatic rings. The van der Waals surface area contributed by atoms with Crippen molar-refractivity contribution in [2.75, 3.05) is 0 Å². The highest BCUT2D eigenvalue weighted by molar-refractivity contribution is 5.91. The molecule has 2 atom stereocenters. The number of carbonyl (C=O) groups excluding carboxylic acids is 2. The summed E-state index contributed by atoms with van der Waals surface area (Å²) < 4.78 is 5.14. The minimum absolute atomic E-state index is 0.114. The minimum Gasteiger partial charge on any atom is -0.483 e. The number of carboxylic acid groups (broad SMARTS) is 3. The number of carboxylic acids is 2. The fraction of sp³-hybridized carbons (Fsp3) is 0.435. The van der Waals surface area contributed by atoms with Crippen LogP contribution < -0.4 is 5.32 Å². The largest absolute Gasteiger partial charge is 0.483 e. The van der Waals surface area contributed by atoms with E-state index in [0.29, 0.717) is 0 Å². The Morgan fingerprint density at radius 1 is 1.15 bits per heavy atom. The van der Waals surface area contributed by atoms with Gasteiger partial charge in [-0.2, -0.15) is 0 Å². The Bertz CT molecular complexity index is 1010. The van der Waals surface area contributed by atoms with Gasteiger partial charge in [0.05, 0.1) is 12.0 Å². The fourth-order valence-corrected chi connectivity index (χ4v) is 3.23. The quantitative estimate of drug-likeness (QED) is 0.320. The van der Waals surface area contributed by atoms with Crippen molar-refractivity contribution < 1.29 is 44.0 Å². The first-order chi connectivity index (χ1) is 15.9. The molecule has 1 amide bonds. The summed E-state index contributed by atoms with van der Waals surface area (Å²) in [5.74, 6) is -3.86. The second-order valence-corrected chi connectivity index (χ2v) is 8.51. The van der Waals surface area contributed by atoms with Gasteiger partial charge in [-0.25, -0.2) is 4.79 Å². The standard InChI is InChI=1S/C22H28N2O7.CH2O2/c1-22(2,3)31-21(30)24-17(8-9-19(26)27)18(25)11-13(20(28)29)10-14-12-23-16-7-5-4-6-15(14)16;2-1-3/h4-7,12-13,17,23H,8-11H2,1-3H3,(H,24,30)(H,26,27)(H,28,29);1H,(H,2,3)/t13-,17+;/m0./s1. The van der Waals surface area contributed by atoms with Crippen molar-refractivity contribution in [1.29, 1.82) is 0 Å². The molecule has 186 valence electrons. The van der Waals surface area contributed by atoms with E-state index in [1.807, 2.05) is 24.3 Å². The number of H-pyrrole nitrogens is 1. The maximum Gasteiger partial charge on any atom is 0.408 e. The van der Waals surface area contributed by atoms with Gasteiger partial charge in [-0.3, -0.25) is 19.2 Å². The van der Waals surface area contributed by atoms with Crippen LogP contribution in [0.1, 0.15) is 45.6 Å². The molecular weight excluding hydrogens is 448 g/mol. The Labute approximate surface area is 196 Å². The highest BCUT2D eigenvalue weighted by atomic mass is 16.6. The molecule has 0 fully saturated rings. The van der Waals surface area contributed by atoms with Gasteiger partial charge in [0.1, 0.15) is 5.60 Å². The number of ether oxygens (including phenoxy) is 1. The number of ketones is 1. The van der Waals surface area contributed by atoms with E-state index in [1.165, 1.54) is 0 Å². The molecule has 1 aromatic carbocycles. The first kappa shape index (κ1) is 28.1. The van der Waals surface area contributed by atoms with Crippen molar-refractivity contribution in [3.8, 4) is 0 Å². The van der Waals surface area contributed by atoms with Crippen LogP contribution in [0, 0.1) is 5.92 Å². The second kappa shape index (κ2) is 13.0. The zero-order valence-electron chi connectivity index (χ0n) is 19.2. The topological polar surface area (TPSA) is 183 Å². The summed E-state index contributed by atoms with van der Waals surface area (Å²) in [4.78, 5) is 59.1. The molecule has 5 N–H and O–H groups in total. The van der Waals surface area contributed by atoms with Gasteiger partial charge in [0, 0.05) is 29.9 Å². The molecule has 1 aromatic heterocycles. The highest BCUT2D eigenvalue weighted by Gasteiger charge is 2.30. The summed E-state index contributed by atoms with van der Waals surface area (Å²) in [5, 5.41) is 28.8. The van der Waals surface area contributed by atoms with Crippen molar-refractivity contribution in [2.24, 2.45) is 5.92 Å². The third-order valence-electron chi connectivity index (χ3n) is 4.66. The van der Waals surface area contributed by atoms with Crippen molar-refractivity contribution in [3.05, 3.63) is 36.0 Å². The maximum absolute atomic E-state index is 12.8. The predicted molar refractivity (Wildman–Crippen MR) is 121 cm³/mol. The number of aromatic amines is 1. The number of rotatable bonds is 10. The summed E-state index contributed by atoms with van der Waals surface area (Å²) >= 11 is 0. The molecule has 2 aromatic rings. The number of carbonyl (C=O) groups is 5. The molecule has 11 heteroatoms. The number of hydrogen-bond acceptors (Lipinski definition) is 6. The van der Waals surface area contributed by atoms with Crippen molar-refractivity contribution in [2.45, 2.75) is 58.1 Å². The van der Waals surface area contributed by atoms with Crippen LogP contribution in [0.3, 0.4) is 0 Å². The molecule has 0 bridgehead atoms. The molecule has 0 saturated carbocycles. The molecule has 0 aliphatic heterocycles. The molecule has 0 aliphatic carbocycles. The van der Waals surface area contributed by atoms with E-state index in [0.717, 1.165) is 16.5 Å². The number of aromatic nitrogens is 1. The van der Waals surface area contributed by atoms with Crippen LogP contribution in [0.4, 0.5) is 4.79 Å². The van der Waals surface area contributed by atoms with Crippen LogP contribution in [-0.2, 0) is 30.3 Å². The molecule has 0 spiro atoms. The number of amides is 1. The average Bonchev–Trinajstić information content (AvgIpc) is 3.12. The zero-order valence-corrected chi connectivity index (χ0v) is 19.2. The second-order valence-electron chi connectivity index (χ2n) is 8.51. The third-order valence-corrected chi connectivity index (χ3v) is 4.66.